The largest absolute Gasteiger partial charge is 0.478 e. The van der Waals surface area contributed by atoms with E-state index < -0.39 is 36.1 Å². The first-order valence-electron chi connectivity index (χ1n) is 10.1. The third-order valence-electron chi connectivity index (χ3n) is 3.53. The SMILES string of the molecule is CCCCN(CCNC(=O)OCCOC(=O)/C=C/C(=O)O)C(=O)OCCOC(=O)/C=C/C(=O)O. The molecule has 0 fully saturated rings. The molecule has 0 atom stereocenters. The van der Waals surface area contributed by atoms with E-state index in [1.807, 2.05) is 6.92 Å². The fraction of sp³-hybridized carbons (Fsp3) is 0.500. The van der Waals surface area contributed by atoms with Crippen molar-refractivity contribution in [3.05, 3.63) is 24.3 Å². The van der Waals surface area contributed by atoms with E-state index in [9.17, 15) is 28.8 Å². The Balaban J connectivity index is 4.21. The molecule has 0 aliphatic rings. The molecular weight excluding hydrogens is 460 g/mol. The topological polar surface area (TPSA) is 195 Å². The van der Waals surface area contributed by atoms with Crippen molar-refractivity contribution in [1.82, 2.24) is 10.2 Å². The molecule has 14 heteroatoms. The van der Waals surface area contributed by atoms with Crippen LogP contribution in [0.2, 0.25) is 0 Å². The third-order valence-corrected chi connectivity index (χ3v) is 3.53. The van der Waals surface area contributed by atoms with E-state index in [4.69, 9.17) is 19.7 Å². The van der Waals surface area contributed by atoms with Crippen molar-refractivity contribution in [2.75, 3.05) is 46.1 Å². The number of nitrogens with zero attached hydrogens (tertiary/aromatic N) is 1. The molecule has 0 bridgehead atoms. The maximum atomic E-state index is 12.2. The second-order valence-corrected chi connectivity index (χ2v) is 6.20. The molecule has 0 aliphatic carbocycles. The van der Waals surface area contributed by atoms with Gasteiger partial charge in [0, 0.05) is 43.9 Å². The Kier molecular flexibility index (Phi) is 16.2. The molecule has 0 unspecified atom stereocenters. The van der Waals surface area contributed by atoms with Crippen LogP contribution in [0.15, 0.2) is 24.3 Å². The van der Waals surface area contributed by atoms with Gasteiger partial charge in [0.15, 0.2) is 0 Å². The molecule has 0 saturated heterocycles. The van der Waals surface area contributed by atoms with Crippen molar-refractivity contribution < 1.29 is 57.9 Å². The van der Waals surface area contributed by atoms with Crippen LogP contribution in [0.3, 0.4) is 0 Å². The van der Waals surface area contributed by atoms with Gasteiger partial charge in [0.25, 0.3) is 0 Å². The third kappa shape index (κ3) is 17.6. The van der Waals surface area contributed by atoms with E-state index in [0.29, 0.717) is 31.2 Å². The zero-order chi connectivity index (χ0) is 25.8. The number of esters is 2. The molecule has 0 heterocycles. The van der Waals surface area contributed by atoms with Crippen LogP contribution in [-0.2, 0) is 38.1 Å². The van der Waals surface area contributed by atoms with Crippen LogP contribution in [0.25, 0.3) is 0 Å². The summed E-state index contributed by atoms with van der Waals surface area (Å²) in [5, 5.41) is 19.2. The Hall–Kier alpha value is -4.10. The van der Waals surface area contributed by atoms with Gasteiger partial charge in [-0.25, -0.2) is 28.8 Å². The molecule has 0 spiro atoms. The Morgan fingerprint density at radius 2 is 1.24 bits per heavy atom. The van der Waals surface area contributed by atoms with E-state index in [1.165, 1.54) is 4.90 Å². The first kappa shape index (κ1) is 29.9. The average Bonchev–Trinajstić information content (AvgIpc) is 2.78. The van der Waals surface area contributed by atoms with Gasteiger partial charge in [-0.1, -0.05) is 13.3 Å². The van der Waals surface area contributed by atoms with E-state index in [2.05, 4.69) is 14.8 Å². The van der Waals surface area contributed by atoms with Crippen molar-refractivity contribution in [3.8, 4) is 0 Å². The zero-order valence-corrected chi connectivity index (χ0v) is 18.6. The summed E-state index contributed by atoms with van der Waals surface area (Å²) in [6.45, 7) is 1.36. The van der Waals surface area contributed by atoms with Crippen LogP contribution in [0.5, 0.6) is 0 Å². The summed E-state index contributed by atoms with van der Waals surface area (Å²) >= 11 is 0. The molecule has 14 nitrogen and oxygen atoms in total. The predicted molar refractivity (Wildman–Crippen MR) is 113 cm³/mol. The Bertz CT molecular complexity index is 763. The predicted octanol–water partition coefficient (Wildman–Crippen LogP) is 0.319. The van der Waals surface area contributed by atoms with Gasteiger partial charge < -0.3 is 39.4 Å². The number of carboxylic acids is 2. The number of rotatable bonds is 16. The number of carbonyl (C=O) groups excluding carboxylic acids is 4. The molecule has 0 aromatic heterocycles. The zero-order valence-electron chi connectivity index (χ0n) is 18.6. The number of carbonyl (C=O) groups is 6. The van der Waals surface area contributed by atoms with E-state index >= 15 is 0 Å². The lowest BCUT2D eigenvalue weighted by atomic mass is 10.3. The standard InChI is InChI=1S/C20H28N2O12/c1-2-3-9-22(20(30)34-14-12-32-18(28)7-5-16(25)26)10-8-21-19(29)33-13-11-31-17(27)6-4-15(23)24/h4-7H,2-3,8-14H2,1H3,(H,21,29)(H,23,24)(H,25,26)/b6-4+,7-5+. The molecular formula is C20H28N2O12. The normalized spacial score (nSPS) is 10.5. The molecule has 3 N–H and O–H groups in total. The minimum Gasteiger partial charge on any atom is -0.478 e. The lowest BCUT2D eigenvalue weighted by Gasteiger charge is -2.22. The summed E-state index contributed by atoms with van der Waals surface area (Å²) in [6.07, 6.45) is 2.63. The molecule has 0 aromatic rings. The minimum absolute atomic E-state index is 0.0355. The van der Waals surface area contributed by atoms with Gasteiger partial charge in [-0.05, 0) is 6.42 Å². The molecule has 0 aromatic carbocycles. The van der Waals surface area contributed by atoms with Gasteiger partial charge in [0.2, 0.25) is 0 Å². The van der Waals surface area contributed by atoms with Gasteiger partial charge >= 0.3 is 36.1 Å². The highest BCUT2D eigenvalue weighted by Crippen LogP contribution is 1.99. The van der Waals surface area contributed by atoms with Crippen molar-refractivity contribution in [2.24, 2.45) is 0 Å². The number of alkyl carbamates (subject to hydrolysis) is 1. The summed E-state index contributed by atoms with van der Waals surface area (Å²) < 4.78 is 19.1. The van der Waals surface area contributed by atoms with Crippen LogP contribution >= 0.6 is 0 Å². The van der Waals surface area contributed by atoms with Crippen LogP contribution in [0, 0.1) is 0 Å². The highest BCUT2D eigenvalue weighted by atomic mass is 16.6. The van der Waals surface area contributed by atoms with Gasteiger partial charge in [0.05, 0.1) is 0 Å². The van der Waals surface area contributed by atoms with E-state index in [0.717, 1.165) is 12.5 Å². The van der Waals surface area contributed by atoms with Gasteiger partial charge in [-0.15, -0.1) is 0 Å². The van der Waals surface area contributed by atoms with Crippen LogP contribution in [0.4, 0.5) is 9.59 Å². The number of hydrogen-bond donors (Lipinski definition) is 3. The molecule has 0 saturated carbocycles. The second-order valence-electron chi connectivity index (χ2n) is 6.20. The van der Waals surface area contributed by atoms with E-state index in [1.54, 1.807) is 0 Å². The van der Waals surface area contributed by atoms with Gasteiger partial charge in [0.1, 0.15) is 26.4 Å². The summed E-state index contributed by atoms with van der Waals surface area (Å²) in [5.41, 5.74) is 0. The first-order chi connectivity index (χ1) is 16.1. The van der Waals surface area contributed by atoms with Crippen LogP contribution < -0.4 is 5.32 Å². The smallest absolute Gasteiger partial charge is 0.409 e. The molecule has 2 amide bonds. The fourth-order valence-corrected chi connectivity index (χ4v) is 2.00. The molecule has 0 radical (unpaired) electrons. The van der Waals surface area contributed by atoms with Crippen molar-refractivity contribution >= 4 is 36.1 Å². The van der Waals surface area contributed by atoms with Crippen LogP contribution in [-0.4, -0.2) is 97.2 Å². The van der Waals surface area contributed by atoms with Crippen LogP contribution in [0.1, 0.15) is 19.8 Å². The van der Waals surface area contributed by atoms with E-state index in [-0.39, 0.29) is 39.5 Å². The Morgan fingerprint density at radius 1 is 0.735 bits per heavy atom. The Morgan fingerprint density at radius 3 is 1.74 bits per heavy atom. The summed E-state index contributed by atoms with van der Waals surface area (Å²) in [4.78, 5) is 68.1. The minimum atomic E-state index is -1.31. The maximum Gasteiger partial charge on any atom is 0.409 e. The van der Waals surface area contributed by atoms with Gasteiger partial charge in [-0.2, -0.15) is 0 Å². The maximum absolute atomic E-state index is 12.2. The lowest BCUT2D eigenvalue weighted by molar-refractivity contribution is -0.140. The molecule has 190 valence electrons. The number of nitrogens with one attached hydrogen (secondary N) is 1. The quantitative estimate of drug-likeness (QED) is 0.117. The number of carboxylic acid groups (broad SMARTS) is 2. The van der Waals surface area contributed by atoms with Gasteiger partial charge in [-0.3, -0.25) is 0 Å². The second kappa shape index (κ2) is 18.5. The average molecular weight is 488 g/mol. The fourth-order valence-electron chi connectivity index (χ4n) is 2.00. The van der Waals surface area contributed by atoms with Crippen molar-refractivity contribution in [2.45, 2.75) is 19.8 Å². The molecule has 0 rings (SSSR count). The summed E-state index contributed by atoms with van der Waals surface area (Å²) in [5.74, 6) is -4.40. The monoisotopic (exact) mass is 488 g/mol. The first-order valence-corrected chi connectivity index (χ1v) is 10.1. The number of aliphatic carboxylic acids is 2. The molecule has 0 aliphatic heterocycles. The number of unbranched alkanes of at least 4 members (excludes halogenated alkanes) is 1. The number of hydrogen-bond acceptors (Lipinski definition) is 10. The van der Waals surface area contributed by atoms with Crippen molar-refractivity contribution in [1.29, 1.82) is 0 Å². The summed E-state index contributed by atoms with van der Waals surface area (Å²) in [7, 11) is 0. The highest BCUT2D eigenvalue weighted by Gasteiger charge is 2.15. The Labute approximate surface area is 195 Å². The molecule has 34 heavy (non-hydrogen) atoms. The summed E-state index contributed by atoms with van der Waals surface area (Å²) in [6, 6.07) is 0. The number of ether oxygens (including phenoxy) is 4. The lowest BCUT2D eigenvalue weighted by Crippen LogP contribution is -2.40. The van der Waals surface area contributed by atoms with Crippen molar-refractivity contribution in [3.63, 3.8) is 0 Å². The highest BCUT2D eigenvalue weighted by molar-refractivity contribution is 5.91. The number of amides is 2.